The summed E-state index contributed by atoms with van der Waals surface area (Å²) in [5.74, 6) is -2.43. The second-order valence-electron chi connectivity index (χ2n) is 7.00. The van der Waals surface area contributed by atoms with Gasteiger partial charge < -0.3 is 9.57 Å². The fourth-order valence-corrected chi connectivity index (χ4v) is 2.57. The number of anilines is 1. The lowest BCUT2D eigenvalue weighted by atomic mass is 10.1. The lowest BCUT2D eigenvalue weighted by Gasteiger charge is -2.20. The molecule has 0 atom stereocenters. The van der Waals surface area contributed by atoms with E-state index in [0.717, 1.165) is 0 Å². The summed E-state index contributed by atoms with van der Waals surface area (Å²) in [5, 5.41) is 2.88. The van der Waals surface area contributed by atoms with Gasteiger partial charge in [-0.3, -0.25) is 14.9 Å². The Morgan fingerprint density at radius 1 is 0.893 bits per heavy atom. The molecule has 0 unspecified atom stereocenters. The highest BCUT2D eigenvalue weighted by molar-refractivity contribution is 6.21. The van der Waals surface area contributed by atoms with E-state index >= 15 is 0 Å². The van der Waals surface area contributed by atoms with Crippen molar-refractivity contribution < 1.29 is 28.8 Å². The molecule has 1 N–H and O–H groups in total. The van der Waals surface area contributed by atoms with Crippen LogP contribution in [0.25, 0.3) is 0 Å². The molecule has 0 fully saturated rings. The molecule has 1 aliphatic heterocycles. The highest BCUT2D eigenvalue weighted by Crippen LogP contribution is 2.25. The van der Waals surface area contributed by atoms with Crippen LogP contribution in [-0.2, 0) is 9.57 Å². The van der Waals surface area contributed by atoms with E-state index in [9.17, 15) is 19.2 Å². The molecule has 8 nitrogen and oxygen atoms in total. The maximum absolute atomic E-state index is 12.6. The van der Waals surface area contributed by atoms with E-state index in [1.54, 1.807) is 45.0 Å². The van der Waals surface area contributed by atoms with Gasteiger partial charge in [-0.15, -0.1) is 0 Å². The molecule has 0 aromatic heterocycles. The first kappa shape index (κ1) is 19.1. The summed E-state index contributed by atoms with van der Waals surface area (Å²) in [4.78, 5) is 54.3. The van der Waals surface area contributed by atoms with E-state index in [1.165, 1.54) is 24.3 Å². The van der Waals surface area contributed by atoms with Gasteiger partial charge in [-0.2, -0.15) is 0 Å². The van der Waals surface area contributed by atoms with Gasteiger partial charge in [0.05, 0.1) is 22.4 Å². The highest BCUT2D eigenvalue weighted by Gasteiger charge is 2.39. The van der Waals surface area contributed by atoms with Gasteiger partial charge >= 0.3 is 12.1 Å². The van der Waals surface area contributed by atoms with Crippen LogP contribution in [0.1, 0.15) is 51.8 Å². The molecule has 0 bridgehead atoms. The van der Waals surface area contributed by atoms with Crippen LogP contribution in [0.3, 0.4) is 0 Å². The molecular formula is C20H18N2O6. The van der Waals surface area contributed by atoms with Crippen LogP contribution in [0.5, 0.6) is 0 Å². The molecule has 0 saturated carbocycles. The molecule has 144 valence electrons. The number of carbonyl (C=O) groups excluding carboxylic acids is 4. The summed E-state index contributed by atoms with van der Waals surface area (Å²) in [6.07, 6.45) is -0.756. The number of nitrogens with zero attached hydrogens (tertiary/aromatic N) is 1. The maximum atomic E-state index is 12.6. The van der Waals surface area contributed by atoms with Crippen LogP contribution in [-0.4, -0.2) is 34.5 Å². The zero-order valence-corrected chi connectivity index (χ0v) is 15.5. The Morgan fingerprint density at radius 2 is 1.43 bits per heavy atom. The van der Waals surface area contributed by atoms with Crippen molar-refractivity contribution in [3.63, 3.8) is 0 Å². The van der Waals surface area contributed by atoms with Gasteiger partial charge in [-0.05, 0) is 45.0 Å². The Hall–Kier alpha value is -3.68. The molecule has 3 rings (SSSR count). The minimum Gasteiger partial charge on any atom is -0.444 e. The van der Waals surface area contributed by atoms with Gasteiger partial charge in [-0.25, -0.2) is 9.59 Å². The minimum atomic E-state index is -0.971. The van der Waals surface area contributed by atoms with E-state index in [0.29, 0.717) is 5.06 Å². The fraction of sp³-hybridized carbons (Fsp3) is 0.200. The van der Waals surface area contributed by atoms with Crippen LogP contribution in [0, 0.1) is 0 Å². The number of hydroxylamine groups is 2. The van der Waals surface area contributed by atoms with Crippen molar-refractivity contribution in [1.29, 1.82) is 0 Å². The Morgan fingerprint density at radius 3 is 2.00 bits per heavy atom. The lowest BCUT2D eigenvalue weighted by molar-refractivity contribution is -0.0583. The molecule has 1 aliphatic rings. The number of fused-ring (bicyclic) bond motifs is 1. The number of hydrogen-bond donors (Lipinski definition) is 1. The van der Waals surface area contributed by atoms with E-state index in [4.69, 9.17) is 9.57 Å². The maximum Gasteiger partial charge on any atom is 0.412 e. The quantitative estimate of drug-likeness (QED) is 0.817. The van der Waals surface area contributed by atoms with Gasteiger partial charge in [0.2, 0.25) is 0 Å². The van der Waals surface area contributed by atoms with Crippen molar-refractivity contribution >= 4 is 29.6 Å². The van der Waals surface area contributed by atoms with Crippen LogP contribution >= 0.6 is 0 Å². The number of imide groups is 1. The van der Waals surface area contributed by atoms with Crippen molar-refractivity contribution in [2.24, 2.45) is 0 Å². The predicted octanol–water partition coefficient (Wildman–Crippen LogP) is 3.40. The molecule has 0 radical (unpaired) electrons. The third-order valence-corrected chi connectivity index (χ3v) is 3.71. The zero-order chi connectivity index (χ0) is 20.5. The van der Waals surface area contributed by atoms with Crippen molar-refractivity contribution in [2.45, 2.75) is 26.4 Å². The second-order valence-corrected chi connectivity index (χ2v) is 7.00. The van der Waals surface area contributed by atoms with E-state index < -0.39 is 29.5 Å². The average Bonchev–Trinajstić information content (AvgIpc) is 2.86. The molecule has 2 aromatic carbocycles. The summed E-state index contributed by atoms with van der Waals surface area (Å²) in [6, 6.07) is 12.2. The normalized spacial score (nSPS) is 13.2. The third kappa shape index (κ3) is 3.85. The number of ether oxygens (including phenoxy) is 1. The van der Waals surface area contributed by atoms with Crippen LogP contribution in [0.2, 0.25) is 0 Å². The molecule has 28 heavy (non-hydrogen) atoms. The largest absolute Gasteiger partial charge is 0.444 e. The number of nitrogens with one attached hydrogen (secondary N) is 1. The predicted molar refractivity (Wildman–Crippen MR) is 98.7 cm³/mol. The molecule has 8 heteroatoms. The second kappa shape index (κ2) is 7.15. The Bertz CT molecular complexity index is 942. The standard InChI is InChI=1S/C20H18N2O6/c1-20(2,3)27-19(26)21-15-11-7-6-10-14(15)18(25)28-22-16(23)12-8-4-5-9-13(12)17(22)24/h4-11H,1-3H3,(H,21,26). The monoisotopic (exact) mass is 382 g/mol. The topological polar surface area (TPSA) is 102 Å². The number of rotatable bonds is 3. The Balaban J connectivity index is 1.78. The first-order valence-corrected chi connectivity index (χ1v) is 8.46. The molecule has 0 saturated heterocycles. The van der Waals surface area contributed by atoms with Gasteiger partial charge in [0.25, 0.3) is 11.8 Å². The highest BCUT2D eigenvalue weighted by atomic mass is 16.7. The number of para-hydroxylation sites is 1. The van der Waals surface area contributed by atoms with Crippen LogP contribution in [0.15, 0.2) is 48.5 Å². The fourth-order valence-electron chi connectivity index (χ4n) is 2.57. The average molecular weight is 382 g/mol. The Kier molecular flexibility index (Phi) is 4.87. The Labute approximate surface area is 161 Å². The van der Waals surface area contributed by atoms with Crippen molar-refractivity contribution in [3.05, 3.63) is 65.2 Å². The zero-order valence-electron chi connectivity index (χ0n) is 15.5. The van der Waals surface area contributed by atoms with Crippen LogP contribution in [0.4, 0.5) is 10.5 Å². The number of amides is 3. The van der Waals surface area contributed by atoms with Crippen molar-refractivity contribution in [1.82, 2.24) is 5.06 Å². The summed E-state index contributed by atoms with van der Waals surface area (Å²) in [5.41, 5.74) is -0.330. The first-order chi connectivity index (χ1) is 13.2. The lowest BCUT2D eigenvalue weighted by Crippen LogP contribution is -2.33. The third-order valence-electron chi connectivity index (χ3n) is 3.71. The summed E-state index contributed by atoms with van der Waals surface area (Å²) < 4.78 is 5.17. The molecule has 1 heterocycles. The van der Waals surface area contributed by atoms with Gasteiger partial charge in [0.15, 0.2) is 0 Å². The van der Waals surface area contributed by atoms with Crippen LogP contribution < -0.4 is 5.32 Å². The van der Waals surface area contributed by atoms with E-state index in [-0.39, 0.29) is 22.4 Å². The number of hydrogen-bond acceptors (Lipinski definition) is 6. The molecule has 3 amide bonds. The number of benzene rings is 2. The summed E-state index contributed by atoms with van der Waals surface area (Å²) in [7, 11) is 0. The summed E-state index contributed by atoms with van der Waals surface area (Å²) in [6.45, 7) is 5.11. The molecule has 0 spiro atoms. The minimum absolute atomic E-state index is 0.0371. The smallest absolute Gasteiger partial charge is 0.412 e. The molecule has 2 aromatic rings. The molecule has 0 aliphatic carbocycles. The van der Waals surface area contributed by atoms with E-state index in [1.807, 2.05) is 0 Å². The van der Waals surface area contributed by atoms with Gasteiger partial charge in [0, 0.05) is 0 Å². The molecular weight excluding hydrogens is 364 g/mol. The number of carbonyl (C=O) groups is 4. The van der Waals surface area contributed by atoms with Gasteiger partial charge in [-0.1, -0.05) is 29.3 Å². The van der Waals surface area contributed by atoms with Crippen molar-refractivity contribution in [2.75, 3.05) is 5.32 Å². The van der Waals surface area contributed by atoms with Crippen molar-refractivity contribution in [3.8, 4) is 0 Å². The SMILES string of the molecule is CC(C)(C)OC(=O)Nc1ccccc1C(=O)ON1C(=O)c2ccccc2C1=O. The van der Waals surface area contributed by atoms with E-state index in [2.05, 4.69) is 5.32 Å². The van der Waals surface area contributed by atoms with Gasteiger partial charge in [0.1, 0.15) is 5.60 Å². The summed E-state index contributed by atoms with van der Waals surface area (Å²) >= 11 is 0. The first-order valence-electron chi connectivity index (χ1n) is 8.46.